The fourth-order valence-corrected chi connectivity index (χ4v) is 2.74. The van der Waals surface area contributed by atoms with E-state index in [-0.39, 0.29) is 18.0 Å². The Labute approximate surface area is 138 Å². The zero-order chi connectivity index (χ0) is 17.3. The first-order valence-electron chi connectivity index (χ1n) is 7.60. The SMILES string of the molecule is Cc1cc(C)c(CNC(=O)c2cnn(C)c2-n2cccc2)c(=O)[nH]1. The smallest absolute Gasteiger partial charge is 0.256 e. The number of hydrogen-bond donors (Lipinski definition) is 2. The summed E-state index contributed by atoms with van der Waals surface area (Å²) in [7, 11) is 1.78. The predicted molar refractivity (Wildman–Crippen MR) is 90.2 cm³/mol. The Kier molecular flexibility index (Phi) is 4.07. The molecule has 0 saturated carbocycles. The number of hydrogen-bond acceptors (Lipinski definition) is 3. The topological polar surface area (TPSA) is 84.7 Å². The summed E-state index contributed by atoms with van der Waals surface area (Å²) in [6.45, 7) is 3.86. The Morgan fingerprint density at radius 2 is 2.00 bits per heavy atom. The molecule has 24 heavy (non-hydrogen) atoms. The Morgan fingerprint density at radius 3 is 2.67 bits per heavy atom. The van der Waals surface area contributed by atoms with Crippen molar-refractivity contribution < 1.29 is 4.79 Å². The first kappa shape index (κ1) is 15.8. The number of nitrogens with one attached hydrogen (secondary N) is 2. The van der Waals surface area contributed by atoms with Crippen molar-refractivity contribution in [2.45, 2.75) is 20.4 Å². The predicted octanol–water partition coefficient (Wildman–Crippen LogP) is 1.45. The summed E-state index contributed by atoms with van der Waals surface area (Å²) in [5.74, 6) is 0.401. The Bertz CT molecular complexity index is 935. The molecule has 124 valence electrons. The second-order valence-electron chi connectivity index (χ2n) is 5.72. The second-order valence-corrected chi connectivity index (χ2v) is 5.72. The molecular weight excluding hydrogens is 306 g/mol. The molecule has 0 aromatic carbocycles. The molecule has 3 aromatic rings. The number of H-pyrrole nitrogens is 1. The minimum atomic E-state index is -0.272. The summed E-state index contributed by atoms with van der Waals surface area (Å²) < 4.78 is 3.46. The van der Waals surface area contributed by atoms with Crippen LogP contribution >= 0.6 is 0 Å². The van der Waals surface area contributed by atoms with E-state index < -0.39 is 0 Å². The van der Waals surface area contributed by atoms with Crippen LogP contribution in [0.5, 0.6) is 0 Å². The third-order valence-electron chi connectivity index (χ3n) is 3.92. The Hall–Kier alpha value is -3.09. The molecule has 0 aliphatic heterocycles. The van der Waals surface area contributed by atoms with Crippen molar-refractivity contribution in [1.82, 2.24) is 24.6 Å². The van der Waals surface area contributed by atoms with Gasteiger partial charge in [-0.25, -0.2) is 0 Å². The maximum absolute atomic E-state index is 12.5. The van der Waals surface area contributed by atoms with Crippen molar-refractivity contribution in [3.63, 3.8) is 0 Å². The maximum atomic E-state index is 12.5. The van der Waals surface area contributed by atoms with E-state index in [2.05, 4.69) is 15.4 Å². The number of carbonyl (C=O) groups excluding carboxylic acids is 1. The van der Waals surface area contributed by atoms with Crippen LogP contribution in [0.2, 0.25) is 0 Å². The van der Waals surface area contributed by atoms with Gasteiger partial charge in [-0.1, -0.05) is 0 Å². The van der Waals surface area contributed by atoms with Crippen LogP contribution in [0, 0.1) is 13.8 Å². The molecule has 0 aliphatic rings. The number of pyridine rings is 1. The summed E-state index contributed by atoms with van der Waals surface area (Å²) in [6, 6.07) is 5.64. The molecule has 3 rings (SSSR count). The third kappa shape index (κ3) is 2.88. The van der Waals surface area contributed by atoms with Crippen LogP contribution in [0.15, 0.2) is 41.6 Å². The molecule has 0 saturated heterocycles. The van der Waals surface area contributed by atoms with E-state index in [1.165, 1.54) is 6.20 Å². The molecule has 0 radical (unpaired) electrons. The van der Waals surface area contributed by atoms with Crippen LogP contribution in [0.25, 0.3) is 5.82 Å². The van der Waals surface area contributed by atoms with Crippen LogP contribution in [-0.4, -0.2) is 25.2 Å². The van der Waals surface area contributed by atoms with Crippen molar-refractivity contribution in [1.29, 1.82) is 0 Å². The Balaban J connectivity index is 1.84. The first-order valence-corrected chi connectivity index (χ1v) is 7.60. The number of carbonyl (C=O) groups is 1. The summed E-state index contributed by atoms with van der Waals surface area (Å²) in [5, 5.41) is 6.97. The van der Waals surface area contributed by atoms with E-state index in [9.17, 15) is 9.59 Å². The van der Waals surface area contributed by atoms with Gasteiger partial charge in [0.15, 0.2) is 0 Å². The standard InChI is InChI=1S/C17H19N5O2/c1-11-8-12(2)20-16(24)13(11)9-18-15(23)14-10-19-21(3)17(14)22-6-4-5-7-22/h4-8,10H,9H2,1-3H3,(H,18,23)(H,20,24). The molecular formula is C17H19N5O2. The van der Waals surface area contributed by atoms with Gasteiger partial charge in [-0.15, -0.1) is 0 Å². The van der Waals surface area contributed by atoms with Gasteiger partial charge in [0, 0.05) is 37.2 Å². The van der Waals surface area contributed by atoms with Gasteiger partial charge in [0.25, 0.3) is 11.5 Å². The van der Waals surface area contributed by atoms with E-state index in [1.54, 1.807) is 11.7 Å². The fraction of sp³-hybridized carbons (Fsp3) is 0.235. The number of aromatic amines is 1. The molecule has 0 bridgehead atoms. The molecule has 1 amide bonds. The zero-order valence-corrected chi connectivity index (χ0v) is 13.8. The fourth-order valence-electron chi connectivity index (χ4n) is 2.74. The van der Waals surface area contributed by atoms with Crippen LogP contribution in [0.1, 0.15) is 27.2 Å². The van der Waals surface area contributed by atoms with Crippen molar-refractivity contribution in [3.8, 4) is 5.82 Å². The van der Waals surface area contributed by atoms with Gasteiger partial charge in [-0.05, 0) is 37.6 Å². The van der Waals surface area contributed by atoms with Gasteiger partial charge in [0.05, 0.1) is 6.20 Å². The molecule has 7 heteroatoms. The summed E-state index contributed by atoms with van der Waals surface area (Å²) in [5.41, 5.74) is 2.49. The van der Waals surface area contributed by atoms with E-state index >= 15 is 0 Å². The maximum Gasteiger partial charge on any atom is 0.256 e. The number of amides is 1. The van der Waals surface area contributed by atoms with Gasteiger partial charge in [-0.3, -0.25) is 14.3 Å². The molecule has 0 atom stereocenters. The molecule has 2 N–H and O–H groups in total. The normalized spacial score (nSPS) is 10.8. The highest BCUT2D eigenvalue weighted by Crippen LogP contribution is 2.14. The highest BCUT2D eigenvalue weighted by atomic mass is 16.2. The lowest BCUT2D eigenvalue weighted by Crippen LogP contribution is -2.28. The second kappa shape index (κ2) is 6.19. The number of aromatic nitrogens is 4. The van der Waals surface area contributed by atoms with E-state index in [1.807, 2.05) is 49.0 Å². The molecule has 3 aromatic heterocycles. The van der Waals surface area contributed by atoms with Crippen molar-refractivity contribution in [2.24, 2.45) is 7.05 Å². The van der Waals surface area contributed by atoms with Gasteiger partial charge < -0.3 is 14.9 Å². The van der Waals surface area contributed by atoms with Gasteiger partial charge >= 0.3 is 0 Å². The summed E-state index contributed by atoms with van der Waals surface area (Å²) in [4.78, 5) is 27.3. The molecule has 0 unspecified atom stereocenters. The summed E-state index contributed by atoms with van der Waals surface area (Å²) >= 11 is 0. The van der Waals surface area contributed by atoms with Gasteiger partial charge in [0.2, 0.25) is 0 Å². The first-order chi connectivity index (χ1) is 11.5. The van der Waals surface area contributed by atoms with Crippen molar-refractivity contribution in [2.75, 3.05) is 0 Å². The molecule has 0 aliphatic carbocycles. The zero-order valence-electron chi connectivity index (χ0n) is 13.8. The lowest BCUT2D eigenvalue weighted by atomic mass is 10.1. The molecule has 3 heterocycles. The molecule has 7 nitrogen and oxygen atoms in total. The van der Waals surface area contributed by atoms with Gasteiger partial charge in [0.1, 0.15) is 11.4 Å². The largest absolute Gasteiger partial charge is 0.348 e. The van der Waals surface area contributed by atoms with Crippen molar-refractivity contribution in [3.05, 3.63) is 69.5 Å². The highest BCUT2D eigenvalue weighted by molar-refractivity contribution is 5.97. The molecule has 0 spiro atoms. The van der Waals surface area contributed by atoms with E-state index in [4.69, 9.17) is 0 Å². The quantitative estimate of drug-likeness (QED) is 0.761. The lowest BCUT2D eigenvalue weighted by molar-refractivity contribution is 0.0950. The van der Waals surface area contributed by atoms with E-state index in [0.29, 0.717) is 16.9 Å². The van der Waals surface area contributed by atoms with Crippen LogP contribution < -0.4 is 10.9 Å². The van der Waals surface area contributed by atoms with Gasteiger partial charge in [-0.2, -0.15) is 5.10 Å². The van der Waals surface area contributed by atoms with E-state index in [0.717, 1.165) is 11.3 Å². The minimum absolute atomic E-state index is 0.167. The third-order valence-corrected chi connectivity index (χ3v) is 3.92. The highest BCUT2D eigenvalue weighted by Gasteiger charge is 2.17. The van der Waals surface area contributed by atoms with Crippen LogP contribution in [0.3, 0.4) is 0 Å². The van der Waals surface area contributed by atoms with Crippen molar-refractivity contribution >= 4 is 5.91 Å². The monoisotopic (exact) mass is 325 g/mol. The number of rotatable bonds is 4. The summed E-state index contributed by atoms with van der Waals surface area (Å²) in [6.07, 6.45) is 5.22. The average molecular weight is 325 g/mol. The van der Waals surface area contributed by atoms with Crippen LogP contribution in [-0.2, 0) is 13.6 Å². The lowest BCUT2D eigenvalue weighted by Gasteiger charge is -2.10. The number of aryl methyl sites for hydroxylation is 3. The average Bonchev–Trinajstić information content (AvgIpc) is 3.14. The number of nitrogens with zero attached hydrogens (tertiary/aromatic N) is 3. The Morgan fingerprint density at radius 1 is 1.29 bits per heavy atom. The van der Waals surface area contributed by atoms with Crippen LogP contribution in [0.4, 0.5) is 0 Å². The minimum Gasteiger partial charge on any atom is -0.348 e. The molecule has 0 fully saturated rings.